The van der Waals surface area contributed by atoms with Crippen LogP contribution in [-0.2, 0) is 0 Å². The van der Waals surface area contributed by atoms with Crippen LogP contribution in [0.25, 0.3) is 0 Å². The average Bonchev–Trinajstić information content (AvgIpc) is 3.00. The Bertz CT molecular complexity index is 563. The van der Waals surface area contributed by atoms with Crippen LogP contribution in [0.4, 0.5) is 0 Å². The summed E-state index contributed by atoms with van der Waals surface area (Å²) >= 11 is 1.17. The lowest BCUT2D eigenvalue weighted by molar-refractivity contribution is 0.0691. The van der Waals surface area contributed by atoms with E-state index in [2.05, 4.69) is 20.0 Å². The fourth-order valence-corrected chi connectivity index (χ4v) is 2.05. The lowest BCUT2D eigenvalue weighted by Crippen LogP contribution is -2.26. The van der Waals surface area contributed by atoms with Crippen LogP contribution in [0, 0.1) is 0 Å². The first-order chi connectivity index (χ1) is 8.58. The molecule has 2 heterocycles. The smallest absolute Gasteiger partial charge is 0.355 e. The van der Waals surface area contributed by atoms with Gasteiger partial charge in [-0.3, -0.25) is 4.79 Å². The Morgan fingerprint density at radius 1 is 1.50 bits per heavy atom. The number of aromatic carboxylic acids is 1. The van der Waals surface area contributed by atoms with Crippen LogP contribution in [-0.4, -0.2) is 27.1 Å². The summed E-state index contributed by atoms with van der Waals surface area (Å²) in [4.78, 5) is 26.2. The highest BCUT2D eigenvalue weighted by Gasteiger charge is 2.17. The minimum Gasteiger partial charge on any atom is -0.476 e. The van der Waals surface area contributed by atoms with E-state index in [1.54, 1.807) is 6.92 Å². The van der Waals surface area contributed by atoms with Gasteiger partial charge in [0, 0.05) is 11.4 Å². The van der Waals surface area contributed by atoms with E-state index in [-0.39, 0.29) is 11.4 Å². The fraction of sp³-hybridized carbons (Fsp3) is 0.200. The van der Waals surface area contributed by atoms with E-state index in [0.717, 1.165) is 0 Å². The maximum absolute atomic E-state index is 11.7. The molecule has 0 radical (unpaired) electrons. The molecule has 18 heavy (non-hydrogen) atoms. The quantitative estimate of drug-likeness (QED) is 0.865. The Balaban J connectivity index is 2.05. The van der Waals surface area contributed by atoms with Gasteiger partial charge in [-0.2, -0.15) is 0 Å². The number of carboxylic acids is 1. The van der Waals surface area contributed by atoms with E-state index in [1.165, 1.54) is 29.0 Å². The molecule has 0 bridgehead atoms. The zero-order valence-electron chi connectivity index (χ0n) is 9.28. The summed E-state index contributed by atoms with van der Waals surface area (Å²) in [5.41, 5.74) is 0.134. The number of carboxylic acid groups (broad SMARTS) is 1. The van der Waals surface area contributed by atoms with Crippen LogP contribution in [0.5, 0.6) is 0 Å². The van der Waals surface area contributed by atoms with Crippen molar-refractivity contribution >= 4 is 23.2 Å². The molecule has 0 spiro atoms. The van der Waals surface area contributed by atoms with Crippen molar-refractivity contribution in [1.82, 2.24) is 15.5 Å². The van der Waals surface area contributed by atoms with Crippen molar-refractivity contribution in [2.24, 2.45) is 0 Å². The van der Waals surface area contributed by atoms with Gasteiger partial charge in [-0.25, -0.2) is 9.78 Å². The van der Waals surface area contributed by atoms with Gasteiger partial charge in [0.15, 0.2) is 11.4 Å². The van der Waals surface area contributed by atoms with E-state index in [0.29, 0.717) is 5.01 Å². The molecule has 2 N–H and O–H groups in total. The lowest BCUT2D eigenvalue weighted by Gasteiger charge is -2.09. The Morgan fingerprint density at radius 3 is 2.83 bits per heavy atom. The second-order valence-corrected chi connectivity index (χ2v) is 4.35. The molecule has 0 fully saturated rings. The second kappa shape index (κ2) is 4.96. The van der Waals surface area contributed by atoms with Gasteiger partial charge >= 0.3 is 5.97 Å². The SMILES string of the molecule is CC(NC(=O)c1ccon1)c1nc(C(=O)O)cs1. The Hall–Kier alpha value is -2.22. The van der Waals surface area contributed by atoms with Crippen LogP contribution in [0.2, 0.25) is 0 Å². The van der Waals surface area contributed by atoms with Crippen LogP contribution >= 0.6 is 11.3 Å². The topological polar surface area (TPSA) is 105 Å². The Labute approximate surface area is 105 Å². The molecular weight excluding hydrogens is 258 g/mol. The minimum atomic E-state index is -1.09. The van der Waals surface area contributed by atoms with Gasteiger partial charge in [-0.05, 0) is 6.92 Å². The molecule has 0 saturated heterocycles. The predicted octanol–water partition coefficient (Wildman–Crippen LogP) is 1.32. The Kier molecular flexibility index (Phi) is 3.38. The molecule has 0 aliphatic rings. The molecular formula is C10H9N3O4S. The fourth-order valence-electron chi connectivity index (χ4n) is 1.25. The van der Waals surface area contributed by atoms with E-state index in [4.69, 9.17) is 5.11 Å². The number of amides is 1. The highest BCUT2D eigenvalue weighted by Crippen LogP contribution is 2.18. The number of thiazole rings is 1. The number of aromatic nitrogens is 2. The zero-order chi connectivity index (χ0) is 13.1. The van der Waals surface area contributed by atoms with Gasteiger partial charge in [-0.1, -0.05) is 5.16 Å². The number of rotatable bonds is 4. The van der Waals surface area contributed by atoms with Gasteiger partial charge in [0.05, 0.1) is 6.04 Å². The van der Waals surface area contributed by atoms with Gasteiger partial charge < -0.3 is 14.9 Å². The first kappa shape index (κ1) is 12.2. The van der Waals surface area contributed by atoms with Crippen molar-refractivity contribution in [1.29, 1.82) is 0 Å². The van der Waals surface area contributed by atoms with Gasteiger partial charge in [0.25, 0.3) is 5.91 Å². The summed E-state index contributed by atoms with van der Waals surface area (Å²) in [7, 11) is 0. The standard InChI is InChI=1S/C10H9N3O4S/c1-5(9-12-7(4-18-9)10(15)16)11-8(14)6-2-3-17-13-6/h2-5H,1H3,(H,11,14)(H,15,16). The average molecular weight is 267 g/mol. The largest absolute Gasteiger partial charge is 0.476 e. The molecule has 1 unspecified atom stereocenters. The normalized spacial score (nSPS) is 12.1. The molecule has 0 aromatic carbocycles. The van der Waals surface area contributed by atoms with Crippen molar-refractivity contribution in [2.45, 2.75) is 13.0 Å². The summed E-state index contributed by atoms with van der Waals surface area (Å²) in [6.07, 6.45) is 1.30. The predicted molar refractivity (Wildman–Crippen MR) is 61.5 cm³/mol. The van der Waals surface area contributed by atoms with Crippen molar-refractivity contribution in [2.75, 3.05) is 0 Å². The van der Waals surface area contributed by atoms with E-state index >= 15 is 0 Å². The van der Waals surface area contributed by atoms with Crippen LogP contribution in [0.3, 0.4) is 0 Å². The molecule has 2 aromatic rings. The number of carbonyl (C=O) groups is 2. The lowest BCUT2D eigenvalue weighted by atomic mass is 10.3. The van der Waals surface area contributed by atoms with Crippen LogP contribution in [0.1, 0.15) is 39.0 Å². The number of hydrogen-bond donors (Lipinski definition) is 2. The first-order valence-electron chi connectivity index (χ1n) is 4.98. The van der Waals surface area contributed by atoms with Gasteiger partial charge in [-0.15, -0.1) is 11.3 Å². The third-order valence-electron chi connectivity index (χ3n) is 2.13. The first-order valence-corrected chi connectivity index (χ1v) is 5.86. The zero-order valence-corrected chi connectivity index (χ0v) is 10.1. The van der Waals surface area contributed by atoms with E-state index in [9.17, 15) is 9.59 Å². The van der Waals surface area contributed by atoms with Crippen molar-refractivity contribution in [3.8, 4) is 0 Å². The van der Waals surface area contributed by atoms with Crippen LogP contribution < -0.4 is 5.32 Å². The third-order valence-corrected chi connectivity index (χ3v) is 3.16. The molecule has 1 atom stereocenters. The number of nitrogens with zero attached hydrogens (tertiary/aromatic N) is 2. The van der Waals surface area contributed by atoms with Gasteiger partial charge in [0.1, 0.15) is 11.3 Å². The van der Waals surface area contributed by atoms with Gasteiger partial charge in [0.2, 0.25) is 0 Å². The molecule has 0 aliphatic heterocycles. The maximum Gasteiger partial charge on any atom is 0.355 e. The summed E-state index contributed by atoms with van der Waals surface area (Å²) in [6.45, 7) is 1.71. The summed E-state index contributed by atoms with van der Waals surface area (Å²) < 4.78 is 4.56. The maximum atomic E-state index is 11.7. The summed E-state index contributed by atoms with van der Waals surface area (Å²) in [6, 6.07) is 1.04. The molecule has 0 saturated carbocycles. The number of nitrogens with one attached hydrogen (secondary N) is 1. The minimum absolute atomic E-state index is 0.0301. The third kappa shape index (κ3) is 2.54. The molecule has 7 nitrogen and oxygen atoms in total. The van der Waals surface area contributed by atoms with Crippen molar-refractivity contribution in [3.05, 3.63) is 34.1 Å². The van der Waals surface area contributed by atoms with Crippen molar-refractivity contribution < 1.29 is 19.2 Å². The molecule has 94 valence electrons. The summed E-state index contributed by atoms with van der Waals surface area (Å²) in [5, 5.41) is 16.8. The highest BCUT2D eigenvalue weighted by molar-refractivity contribution is 7.09. The Morgan fingerprint density at radius 2 is 2.28 bits per heavy atom. The molecule has 2 rings (SSSR count). The molecule has 1 amide bonds. The van der Waals surface area contributed by atoms with E-state index < -0.39 is 17.9 Å². The molecule has 2 aromatic heterocycles. The monoisotopic (exact) mass is 267 g/mol. The van der Waals surface area contributed by atoms with E-state index in [1.807, 2.05) is 0 Å². The number of hydrogen-bond acceptors (Lipinski definition) is 6. The number of carbonyl (C=O) groups excluding carboxylic acids is 1. The van der Waals surface area contributed by atoms with Crippen molar-refractivity contribution in [3.63, 3.8) is 0 Å². The summed E-state index contributed by atoms with van der Waals surface area (Å²) in [5.74, 6) is -1.49. The molecule has 0 aliphatic carbocycles. The van der Waals surface area contributed by atoms with Crippen LogP contribution in [0.15, 0.2) is 22.2 Å². The highest BCUT2D eigenvalue weighted by atomic mass is 32.1. The molecule has 8 heteroatoms. The second-order valence-electron chi connectivity index (χ2n) is 3.46.